The average molecular weight is 386 g/mol. The highest BCUT2D eigenvalue weighted by atomic mass is 79.9. The lowest BCUT2D eigenvalue weighted by molar-refractivity contribution is 0.102. The number of nitrogens with one attached hydrogen (secondary N) is 2. The number of benzene rings is 1. The van der Waals surface area contributed by atoms with Gasteiger partial charge in [-0.1, -0.05) is 6.07 Å². The fourth-order valence-corrected chi connectivity index (χ4v) is 2.77. The lowest BCUT2D eigenvalue weighted by Gasteiger charge is -2.09. The molecule has 122 valence electrons. The predicted octanol–water partition coefficient (Wildman–Crippen LogP) is 4.61. The van der Waals surface area contributed by atoms with E-state index in [1.165, 1.54) is 6.20 Å². The molecule has 0 aliphatic carbocycles. The standard InChI is InChI=1S/C18H16BrN3O2/c1-12-4-5-17(16(19)7-12)22-18(23)13-8-14(10-20-9-13)21-11-15-3-2-6-24-15/h2-10,21H,11H2,1H3,(H,22,23). The van der Waals surface area contributed by atoms with Gasteiger partial charge in [-0.2, -0.15) is 0 Å². The molecule has 1 amide bonds. The van der Waals surface area contributed by atoms with Crippen LogP contribution < -0.4 is 10.6 Å². The number of carbonyl (C=O) groups is 1. The van der Waals surface area contributed by atoms with Crippen molar-refractivity contribution in [3.63, 3.8) is 0 Å². The van der Waals surface area contributed by atoms with Crippen molar-refractivity contribution in [1.82, 2.24) is 4.98 Å². The molecule has 0 aliphatic rings. The molecular weight excluding hydrogens is 370 g/mol. The summed E-state index contributed by atoms with van der Waals surface area (Å²) in [5.41, 5.74) is 3.07. The summed E-state index contributed by atoms with van der Waals surface area (Å²) in [5.74, 6) is 0.599. The lowest BCUT2D eigenvalue weighted by atomic mass is 10.2. The first-order chi connectivity index (χ1) is 11.6. The molecule has 3 aromatic rings. The molecule has 0 bridgehead atoms. The zero-order valence-electron chi connectivity index (χ0n) is 13.0. The number of nitrogens with zero attached hydrogens (tertiary/aromatic N) is 1. The van der Waals surface area contributed by atoms with E-state index in [4.69, 9.17) is 4.42 Å². The number of amides is 1. The minimum absolute atomic E-state index is 0.214. The zero-order chi connectivity index (χ0) is 16.9. The maximum Gasteiger partial charge on any atom is 0.257 e. The van der Waals surface area contributed by atoms with E-state index >= 15 is 0 Å². The molecule has 0 unspecified atom stereocenters. The molecule has 2 aromatic heterocycles. The summed E-state index contributed by atoms with van der Waals surface area (Å²) >= 11 is 3.46. The van der Waals surface area contributed by atoms with Gasteiger partial charge in [0.1, 0.15) is 5.76 Å². The first kappa shape index (κ1) is 16.3. The monoisotopic (exact) mass is 385 g/mol. The molecule has 0 saturated carbocycles. The Hall–Kier alpha value is -2.60. The number of halogens is 1. The number of hydrogen-bond donors (Lipinski definition) is 2. The van der Waals surface area contributed by atoms with Gasteiger partial charge in [0, 0.05) is 16.9 Å². The van der Waals surface area contributed by atoms with E-state index in [-0.39, 0.29) is 5.91 Å². The van der Waals surface area contributed by atoms with Crippen molar-refractivity contribution in [3.05, 3.63) is 76.4 Å². The number of hydrogen-bond acceptors (Lipinski definition) is 4. The number of aryl methyl sites for hydroxylation is 1. The molecule has 1 aromatic carbocycles. The Morgan fingerprint density at radius 1 is 1.25 bits per heavy atom. The van der Waals surface area contributed by atoms with E-state index in [0.717, 1.165) is 27.2 Å². The minimum Gasteiger partial charge on any atom is -0.467 e. The van der Waals surface area contributed by atoms with Gasteiger partial charge in [-0.3, -0.25) is 9.78 Å². The Morgan fingerprint density at radius 3 is 2.88 bits per heavy atom. The Kier molecular flexibility index (Phi) is 4.96. The molecule has 24 heavy (non-hydrogen) atoms. The van der Waals surface area contributed by atoms with Crippen LogP contribution in [0.1, 0.15) is 21.7 Å². The van der Waals surface area contributed by atoms with E-state index in [0.29, 0.717) is 12.1 Å². The van der Waals surface area contributed by atoms with Gasteiger partial charge in [0.25, 0.3) is 5.91 Å². The third kappa shape index (κ3) is 4.02. The number of furan rings is 1. The molecule has 0 radical (unpaired) electrons. The van der Waals surface area contributed by atoms with Crippen LogP contribution in [-0.4, -0.2) is 10.9 Å². The quantitative estimate of drug-likeness (QED) is 0.672. The Morgan fingerprint density at radius 2 is 2.12 bits per heavy atom. The van der Waals surface area contributed by atoms with Crippen molar-refractivity contribution in [3.8, 4) is 0 Å². The van der Waals surface area contributed by atoms with Gasteiger partial charge in [0.15, 0.2) is 0 Å². The maximum atomic E-state index is 12.4. The predicted molar refractivity (Wildman–Crippen MR) is 97.1 cm³/mol. The maximum absolute atomic E-state index is 12.4. The van der Waals surface area contributed by atoms with E-state index < -0.39 is 0 Å². The highest BCUT2D eigenvalue weighted by Gasteiger charge is 2.10. The summed E-state index contributed by atoms with van der Waals surface area (Å²) in [6.45, 7) is 2.53. The third-order valence-electron chi connectivity index (χ3n) is 3.42. The largest absolute Gasteiger partial charge is 0.467 e. The van der Waals surface area contributed by atoms with Gasteiger partial charge in [-0.15, -0.1) is 0 Å². The van der Waals surface area contributed by atoms with Crippen molar-refractivity contribution >= 4 is 33.2 Å². The molecule has 6 heteroatoms. The second-order valence-electron chi connectivity index (χ2n) is 5.33. The van der Waals surface area contributed by atoms with Crippen molar-refractivity contribution in [2.24, 2.45) is 0 Å². The third-order valence-corrected chi connectivity index (χ3v) is 4.08. The summed E-state index contributed by atoms with van der Waals surface area (Å²) in [5, 5.41) is 6.06. The van der Waals surface area contributed by atoms with Gasteiger partial charge in [0.2, 0.25) is 0 Å². The Balaban J connectivity index is 1.69. The minimum atomic E-state index is -0.214. The molecule has 3 rings (SSSR count). The smallest absolute Gasteiger partial charge is 0.257 e. The topological polar surface area (TPSA) is 67.2 Å². The second-order valence-corrected chi connectivity index (χ2v) is 6.19. The van der Waals surface area contributed by atoms with Crippen molar-refractivity contribution in [2.45, 2.75) is 13.5 Å². The number of carbonyl (C=O) groups excluding carboxylic acids is 1. The number of rotatable bonds is 5. The van der Waals surface area contributed by atoms with Crippen LogP contribution in [0.3, 0.4) is 0 Å². The van der Waals surface area contributed by atoms with Crippen LogP contribution in [0.4, 0.5) is 11.4 Å². The average Bonchev–Trinajstić information content (AvgIpc) is 3.09. The molecule has 2 heterocycles. The second kappa shape index (κ2) is 7.31. The van der Waals surface area contributed by atoms with Crippen molar-refractivity contribution in [1.29, 1.82) is 0 Å². The summed E-state index contributed by atoms with van der Waals surface area (Å²) < 4.78 is 6.11. The van der Waals surface area contributed by atoms with Gasteiger partial charge in [-0.05, 0) is 58.7 Å². The lowest BCUT2D eigenvalue weighted by Crippen LogP contribution is -2.13. The molecular formula is C18H16BrN3O2. The zero-order valence-corrected chi connectivity index (χ0v) is 14.6. The first-order valence-electron chi connectivity index (χ1n) is 7.40. The molecule has 5 nitrogen and oxygen atoms in total. The molecule has 0 aliphatic heterocycles. The summed E-state index contributed by atoms with van der Waals surface area (Å²) in [6, 6.07) is 11.2. The van der Waals surface area contributed by atoms with E-state index in [1.807, 2.05) is 37.3 Å². The normalized spacial score (nSPS) is 10.4. The fraction of sp³-hybridized carbons (Fsp3) is 0.111. The van der Waals surface area contributed by atoms with Gasteiger partial charge >= 0.3 is 0 Å². The number of pyridine rings is 1. The highest BCUT2D eigenvalue weighted by molar-refractivity contribution is 9.10. The molecule has 0 atom stereocenters. The highest BCUT2D eigenvalue weighted by Crippen LogP contribution is 2.24. The summed E-state index contributed by atoms with van der Waals surface area (Å²) in [7, 11) is 0. The van der Waals surface area contributed by atoms with Gasteiger partial charge < -0.3 is 15.1 Å². The molecule has 0 saturated heterocycles. The van der Waals surface area contributed by atoms with Crippen molar-refractivity contribution < 1.29 is 9.21 Å². The van der Waals surface area contributed by atoms with Crippen LogP contribution >= 0.6 is 15.9 Å². The van der Waals surface area contributed by atoms with Crippen LogP contribution in [0.2, 0.25) is 0 Å². The fourth-order valence-electron chi connectivity index (χ4n) is 2.18. The van der Waals surface area contributed by atoms with Crippen LogP contribution in [0.5, 0.6) is 0 Å². The molecule has 2 N–H and O–H groups in total. The Bertz CT molecular complexity index is 847. The number of anilines is 2. The summed E-state index contributed by atoms with van der Waals surface area (Å²) in [4.78, 5) is 16.5. The first-order valence-corrected chi connectivity index (χ1v) is 8.20. The van der Waals surface area contributed by atoms with Crippen LogP contribution in [0, 0.1) is 6.92 Å². The van der Waals surface area contributed by atoms with E-state index in [2.05, 4.69) is 31.5 Å². The van der Waals surface area contributed by atoms with Crippen molar-refractivity contribution in [2.75, 3.05) is 10.6 Å². The van der Waals surface area contributed by atoms with E-state index in [9.17, 15) is 4.79 Å². The van der Waals surface area contributed by atoms with Crippen LogP contribution in [0.15, 0.2) is 63.9 Å². The van der Waals surface area contributed by atoms with Crippen LogP contribution in [-0.2, 0) is 6.54 Å². The van der Waals surface area contributed by atoms with Gasteiger partial charge in [-0.25, -0.2) is 0 Å². The van der Waals surface area contributed by atoms with Crippen LogP contribution in [0.25, 0.3) is 0 Å². The van der Waals surface area contributed by atoms with E-state index in [1.54, 1.807) is 18.5 Å². The molecule has 0 spiro atoms. The number of aromatic nitrogens is 1. The summed E-state index contributed by atoms with van der Waals surface area (Å²) in [6.07, 6.45) is 4.83. The Labute approximate surface area is 148 Å². The van der Waals surface area contributed by atoms with Gasteiger partial charge in [0.05, 0.1) is 29.7 Å². The molecule has 0 fully saturated rings. The SMILES string of the molecule is Cc1ccc(NC(=O)c2cncc(NCc3ccco3)c2)c(Br)c1.